The maximum absolute atomic E-state index is 12.2. The van der Waals surface area contributed by atoms with Crippen LogP contribution in [0.3, 0.4) is 0 Å². The number of sulfone groups is 1. The van der Waals surface area contributed by atoms with Crippen LogP contribution < -0.4 is 5.32 Å². The van der Waals surface area contributed by atoms with E-state index in [9.17, 15) is 8.42 Å². The summed E-state index contributed by atoms with van der Waals surface area (Å²) in [6.07, 6.45) is 1.18. The highest BCUT2D eigenvalue weighted by Gasteiger charge is 2.21. The number of aromatic nitrogens is 4. The topological polar surface area (TPSA) is 101 Å². The molecule has 0 saturated carbocycles. The van der Waals surface area contributed by atoms with Crippen LogP contribution >= 0.6 is 0 Å². The van der Waals surface area contributed by atoms with E-state index in [1.54, 1.807) is 12.1 Å². The van der Waals surface area contributed by atoms with Crippen LogP contribution in [0, 0.1) is 0 Å². The van der Waals surface area contributed by atoms with Crippen molar-refractivity contribution >= 4 is 9.84 Å². The monoisotopic (exact) mass is 343 g/mol. The Kier molecular flexibility index (Phi) is 4.41. The molecule has 1 aromatic heterocycles. The minimum Gasteiger partial charge on any atom is -0.316 e. The third-order valence-corrected chi connectivity index (χ3v) is 4.79. The molecule has 0 aliphatic heterocycles. The van der Waals surface area contributed by atoms with Gasteiger partial charge in [-0.2, -0.15) is 0 Å². The Balaban J connectivity index is 2.21. The Morgan fingerprint density at radius 2 is 1.88 bits per heavy atom. The smallest absolute Gasteiger partial charge is 0.181 e. The number of hydrogen-bond acceptors (Lipinski definition) is 6. The normalized spacial score (nSPS) is 11.6. The number of nitrogens with zero attached hydrogens (tertiary/aromatic N) is 3. The van der Waals surface area contributed by atoms with Crippen molar-refractivity contribution in [1.29, 1.82) is 0 Å². The van der Waals surface area contributed by atoms with Gasteiger partial charge in [0, 0.05) is 18.4 Å². The third-order valence-electron chi connectivity index (χ3n) is 3.65. The summed E-state index contributed by atoms with van der Waals surface area (Å²) in [6, 6.07) is 13.1. The predicted octanol–water partition coefficient (Wildman–Crippen LogP) is 1.66. The van der Waals surface area contributed by atoms with Crippen LogP contribution in [0.15, 0.2) is 47.4 Å². The van der Waals surface area contributed by atoms with Gasteiger partial charge in [-0.25, -0.2) is 13.5 Å². The van der Waals surface area contributed by atoms with Crippen molar-refractivity contribution in [2.75, 3.05) is 13.3 Å². The van der Waals surface area contributed by atoms with Crippen molar-refractivity contribution in [3.05, 3.63) is 48.0 Å². The first-order chi connectivity index (χ1) is 11.5. The molecular weight excluding hydrogens is 326 g/mol. The first kappa shape index (κ1) is 16.3. The number of benzene rings is 2. The molecule has 3 aromatic rings. The molecule has 0 amide bonds. The van der Waals surface area contributed by atoms with E-state index in [0.29, 0.717) is 11.4 Å². The van der Waals surface area contributed by atoms with E-state index < -0.39 is 9.84 Å². The van der Waals surface area contributed by atoms with Crippen LogP contribution in [0.2, 0.25) is 0 Å². The minimum absolute atomic E-state index is 0.192. The first-order valence-electron chi connectivity index (χ1n) is 7.32. The maximum Gasteiger partial charge on any atom is 0.181 e. The molecule has 0 spiro atoms. The number of nitrogens with one attached hydrogen (secondary N) is 2. The lowest BCUT2D eigenvalue weighted by atomic mass is 9.98. The van der Waals surface area contributed by atoms with Crippen molar-refractivity contribution < 1.29 is 8.42 Å². The Morgan fingerprint density at radius 3 is 2.46 bits per heavy atom. The number of rotatable bonds is 5. The molecule has 2 aromatic carbocycles. The molecule has 0 atom stereocenters. The molecule has 0 saturated heterocycles. The van der Waals surface area contributed by atoms with Crippen molar-refractivity contribution in [2.45, 2.75) is 11.4 Å². The van der Waals surface area contributed by atoms with Crippen LogP contribution in [0.4, 0.5) is 0 Å². The number of tetrazole rings is 1. The van der Waals surface area contributed by atoms with Gasteiger partial charge in [-0.15, -0.1) is 5.10 Å². The molecule has 1 heterocycles. The summed E-state index contributed by atoms with van der Waals surface area (Å²) in [4.78, 5) is 0.192. The third kappa shape index (κ3) is 3.19. The predicted molar refractivity (Wildman–Crippen MR) is 90.9 cm³/mol. The van der Waals surface area contributed by atoms with Crippen molar-refractivity contribution in [2.24, 2.45) is 0 Å². The summed E-state index contributed by atoms with van der Waals surface area (Å²) in [5.41, 5.74) is 3.27. The number of hydrogen-bond donors (Lipinski definition) is 2. The Bertz CT molecular complexity index is 935. The summed E-state index contributed by atoms with van der Waals surface area (Å²) >= 11 is 0. The molecule has 0 aliphatic carbocycles. The zero-order chi connectivity index (χ0) is 17.2. The molecular formula is C16H17N5O2S. The zero-order valence-electron chi connectivity index (χ0n) is 13.3. The molecule has 7 nitrogen and oxygen atoms in total. The van der Waals surface area contributed by atoms with Crippen LogP contribution in [0.5, 0.6) is 0 Å². The zero-order valence-corrected chi connectivity index (χ0v) is 14.1. The van der Waals surface area contributed by atoms with E-state index in [4.69, 9.17) is 0 Å². The summed E-state index contributed by atoms with van der Waals surface area (Å²) in [6.45, 7) is 0.766. The summed E-state index contributed by atoms with van der Waals surface area (Å²) in [5.74, 6) is 0.324. The van der Waals surface area contributed by atoms with E-state index in [1.807, 2.05) is 37.4 Å². The van der Waals surface area contributed by atoms with Crippen molar-refractivity contribution in [3.8, 4) is 22.5 Å². The molecule has 0 radical (unpaired) electrons. The van der Waals surface area contributed by atoms with Gasteiger partial charge in [0.2, 0.25) is 0 Å². The molecule has 0 bridgehead atoms. The van der Waals surface area contributed by atoms with Gasteiger partial charge < -0.3 is 5.32 Å². The lowest BCUT2D eigenvalue weighted by Crippen LogP contribution is -2.05. The summed E-state index contributed by atoms with van der Waals surface area (Å²) < 4.78 is 24.4. The van der Waals surface area contributed by atoms with E-state index in [2.05, 4.69) is 25.9 Å². The van der Waals surface area contributed by atoms with Gasteiger partial charge in [0.1, 0.15) is 0 Å². The molecule has 0 aliphatic rings. The summed E-state index contributed by atoms with van der Waals surface area (Å²) in [7, 11) is -1.54. The molecule has 8 heteroatoms. The summed E-state index contributed by atoms with van der Waals surface area (Å²) in [5, 5.41) is 16.8. The molecule has 2 N–H and O–H groups in total. The van der Waals surface area contributed by atoms with E-state index >= 15 is 0 Å². The fourth-order valence-electron chi connectivity index (χ4n) is 2.60. The molecule has 24 heavy (non-hydrogen) atoms. The molecule has 3 rings (SSSR count). The average Bonchev–Trinajstić information content (AvgIpc) is 3.08. The second kappa shape index (κ2) is 6.50. The lowest BCUT2D eigenvalue weighted by Gasteiger charge is -2.12. The second-order valence-electron chi connectivity index (χ2n) is 5.43. The van der Waals surface area contributed by atoms with Crippen molar-refractivity contribution in [3.63, 3.8) is 0 Å². The molecule has 0 unspecified atom stereocenters. The van der Waals surface area contributed by atoms with Gasteiger partial charge >= 0.3 is 0 Å². The molecule has 0 fully saturated rings. The maximum atomic E-state index is 12.2. The van der Waals surface area contributed by atoms with Crippen molar-refractivity contribution in [1.82, 2.24) is 25.9 Å². The quantitative estimate of drug-likeness (QED) is 0.731. The fraction of sp³-hybridized carbons (Fsp3) is 0.188. The SMILES string of the molecule is CNCc1ccc(-c2cccc(S(C)(=O)=O)c2-c2nnn[nH]2)cc1. The lowest BCUT2D eigenvalue weighted by molar-refractivity contribution is 0.602. The van der Waals surface area contributed by atoms with Crippen LogP contribution in [0.1, 0.15) is 5.56 Å². The first-order valence-corrected chi connectivity index (χ1v) is 9.21. The Hall–Kier alpha value is -2.58. The van der Waals surface area contributed by atoms with Crippen LogP contribution in [0.25, 0.3) is 22.5 Å². The number of H-pyrrole nitrogens is 1. The van der Waals surface area contributed by atoms with E-state index in [1.165, 1.54) is 6.26 Å². The van der Waals surface area contributed by atoms with Crippen LogP contribution in [-0.2, 0) is 16.4 Å². The highest BCUT2D eigenvalue weighted by molar-refractivity contribution is 7.90. The Morgan fingerprint density at radius 1 is 1.12 bits per heavy atom. The highest BCUT2D eigenvalue weighted by Crippen LogP contribution is 2.35. The van der Waals surface area contributed by atoms with E-state index in [0.717, 1.165) is 23.2 Å². The highest BCUT2D eigenvalue weighted by atomic mass is 32.2. The average molecular weight is 343 g/mol. The van der Waals surface area contributed by atoms with Gasteiger partial charge in [-0.05, 0) is 40.2 Å². The molecule has 124 valence electrons. The largest absolute Gasteiger partial charge is 0.316 e. The van der Waals surface area contributed by atoms with Gasteiger partial charge in [0.05, 0.1) is 4.90 Å². The van der Waals surface area contributed by atoms with Gasteiger partial charge in [0.15, 0.2) is 15.7 Å². The standard InChI is InChI=1S/C16H17N5O2S/c1-17-10-11-6-8-12(9-7-11)13-4-3-5-14(24(2,22)23)15(13)16-18-20-21-19-16/h3-9,17H,10H2,1-2H3,(H,18,19,20,21). The van der Waals surface area contributed by atoms with Gasteiger partial charge in [0.25, 0.3) is 0 Å². The van der Waals surface area contributed by atoms with Crippen LogP contribution in [-0.4, -0.2) is 42.3 Å². The number of aromatic amines is 1. The van der Waals surface area contributed by atoms with Gasteiger partial charge in [-0.3, -0.25) is 0 Å². The van der Waals surface area contributed by atoms with E-state index in [-0.39, 0.29) is 4.90 Å². The fourth-order valence-corrected chi connectivity index (χ4v) is 3.50. The Labute approximate surface area is 140 Å². The second-order valence-corrected chi connectivity index (χ2v) is 7.41. The minimum atomic E-state index is -3.43. The van der Waals surface area contributed by atoms with Gasteiger partial charge in [-0.1, -0.05) is 36.4 Å².